The van der Waals surface area contributed by atoms with Crippen LogP contribution in [0.5, 0.6) is 0 Å². The Kier molecular flexibility index (Phi) is 4.54. The smallest absolute Gasteiger partial charge is 0.251 e. The number of carbonyl (C=O) groups excluding carboxylic acids is 3. The van der Waals surface area contributed by atoms with E-state index in [1.165, 1.54) is 0 Å². The topological polar surface area (TPSA) is 127 Å². The van der Waals surface area contributed by atoms with Gasteiger partial charge < -0.3 is 22.1 Å². The van der Waals surface area contributed by atoms with Crippen molar-refractivity contribution in [1.29, 1.82) is 0 Å². The minimum atomic E-state index is -0.986. The molecule has 1 unspecified atom stereocenters. The van der Waals surface area contributed by atoms with Crippen molar-refractivity contribution in [2.45, 2.75) is 31.3 Å². The molecule has 0 aromatic heterocycles. The third-order valence-corrected chi connectivity index (χ3v) is 3.09. The van der Waals surface area contributed by atoms with Crippen molar-refractivity contribution in [2.24, 2.45) is 11.5 Å². The first kappa shape index (κ1) is 15.0. The molecule has 0 bridgehead atoms. The fourth-order valence-electron chi connectivity index (χ4n) is 1.75. The lowest BCUT2D eigenvalue weighted by Gasteiger charge is -2.11. The first-order valence-corrected chi connectivity index (χ1v) is 6.71. The molecule has 0 radical (unpaired) electrons. The van der Waals surface area contributed by atoms with E-state index < -0.39 is 17.9 Å². The van der Waals surface area contributed by atoms with Crippen LogP contribution in [-0.2, 0) is 9.59 Å². The zero-order valence-electron chi connectivity index (χ0n) is 11.5. The first-order valence-electron chi connectivity index (χ1n) is 6.71. The van der Waals surface area contributed by atoms with E-state index >= 15 is 0 Å². The molecule has 21 heavy (non-hydrogen) atoms. The largest absolute Gasteiger partial charge is 0.370 e. The molecule has 0 spiro atoms. The average Bonchev–Trinajstić information content (AvgIpc) is 3.22. The van der Waals surface area contributed by atoms with Crippen LogP contribution in [0.1, 0.15) is 29.6 Å². The van der Waals surface area contributed by atoms with Gasteiger partial charge in [0.1, 0.15) is 0 Å². The van der Waals surface area contributed by atoms with E-state index in [0.29, 0.717) is 17.3 Å². The first-order chi connectivity index (χ1) is 9.95. The minimum absolute atomic E-state index is 0.124. The summed E-state index contributed by atoms with van der Waals surface area (Å²) in [6, 6.07) is 5.76. The zero-order valence-corrected chi connectivity index (χ0v) is 11.5. The van der Waals surface area contributed by atoms with Crippen LogP contribution in [0.4, 0.5) is 5.69 Å². The molecular formula is C14H18N4O3. The minimum Gasteiger partial charge on any atom is -0.370 e. The molecule has 1 fully saturated rings. The van der Waals surface area contributed by atoms with Gasteiger partial charge in [-0.25, -0.2) is 0 Å². The maximum Gasteiger partial charge on any atom is 0.251 e. The number of nitrogens with one attached hydrogen (secondary N) is 2. The van der Waals surface area contributed by atoms with Gasteiger partial charge in [-0.3, -0.25) is 14.4 Å². The van der Waals surface area contributed by atoms with Gasteiger partial charge in [0.2, 0.25) is 11.8 Å². The number of rotatable bonds is 6. The van der Waals surface area contributed by atoms with Crippen LogP contribution in [0.3, 0.4) is 0 Å². The molecular weight excluding hydrogens is 272 g/mol. The molecule has 1 aromatic rings. The number of carbonyl (C=O) groups is 3. The molecule has 2 rings (SSSR count). The molecule has 1 aliphatic carbocycles. The summed E-state index contributed by atoms with van der Waals surface area (Å²) in [5, 5.41) is 5.44. The Hall–Kier alpha value is -2.41. The van der Waals surface area contributed by atoms with E-state index in [2.05, 4.69) is 10.6 Å². The maximum atomic E-state index is 11.8. The highest BCUT2D eigenvalue weighted by Crippen LogP contribution is 2.19. The second kappa shape index (κ2) is 6.36. The molecule has 1 saturated carbocycles. The fraction of sp³-hybridized carbons (Fsp3) is 0.357. The molecule has 7 nitrogen and oxygen atoms in total. The third kappa shape index (κ3) is 4.57. The number of benzene rings is 1. The zero-order chi connectivity index (χ0) is 15.4. The van der Waals surface area contributed by atoms with Gasteiger partial charge in [0, 0.05) is 17.3 Å². The van der Waals surface area contributed by atoms with Crippen molar-refractivity contribution >= 4 is 23.4 Å². The summed E-state index contributed by atoms with van der Waals surface area (Å²) in [5.74, 6) is -1.26. The molecule has 112 valence electrons. The molecule has 3 amide bonds. The summed E-state index contributed by atoms with van der Waals surface area (Å²) in [6.07, 6.45) is 1.84. The van der Waals surface area contributed by atoms with Gasteiger partial charge >= 0.3 is 0 Å². The van der Waals surface area contributed by atoms with Crippen molar-refractivity contribution in [3.8, 4) is 0 Å². The molecule has 0 aliphatic heterocycles. The summed E-state index contributed by atoms with van der Waals surface area (Å²) in [6.45, 7) is 0. The Labute approximate surface area is 122 Å². The lowest BCUT2D eigenvalue weighted by Crippen LogP contribution is -2.39. The van der Waals surface area contributed by atoms with Gasteiger partial charge in [0.05, 0.1) is 12.5 Å². The standard InChI is InChI=1S/C14H18N4O3/c15-11(7-12(16)19)14(21)18-9-3-1-8(2-4-9)13(20)17-10-5-6-10/h1-4,10-11H,5-7,15H2,(H2,16,19)(H,17,20)(H,18,21). The number of anilines is 1. The van der Waals surface area contributed by atoms with E-state index in [9.17, 15) is 14.4 Å². The van der Waals surface area contributed by atoms with E-state index in [1.54, 1.807) is 24.3 Å². The Bertz CT molecular complexity index is 552. The summed E-state index contributed by atoms with van der Waals surface area (Å²) in [4.78, 5) is 34.2. The number of primary amides is 1. The summed E-state index contributed by atoms with van der Waals surface area (Å²) < 4.78 is 0. The van der Waals surface area contributed by atoms with Crippen LogP contribution in [0.15, 0.2) is 24.3 Å². The summed E-state index contributed by atoms with van der Waals surface area (Å²) >= 11 is 0. The highest BCUT2D eigenvalue weighted by Gasteiger charge is 2.23. The van der Waals surface area contributed by atoms with Crippen LogP contribution < -0.4 is 22.1 Å². The second-order valence-corrected chi connectivity index (χ2v) is 5.09. The highest BCUT2D eigenvalue weighted by molar-refractivity contribution is 5.98. The molecule has 0 saturated heterocycles. The van der Waals surface area contributed by atoms with E-state index in [0.717, 1.165) is 12.8 Å². The fourth-order valence-corrected chi connectivity index (χ4v) is 1.75. The van der Waals surface area contributed by atoms with Crippen LogP contribution in [0.25, 0.3) is 0 Å². The van der Waals surface area contributed by atoms with Crippen molar-refractivity contribution in [3.05, 3.63) is 29.8 Å². The predicted molar refractivity (Wildman–Crippen MR) is 77.3 cm³/mol. The Morgan fingerprint density at radius 3 is 2.33 bits per heavy atom. The van der Waals surface area contributed by atoms with E-state index in [-0.39, 0.29) is 12.3 Å². The quantitative estimate of drug-likeness (QED) is 0.574. The van der Waals surface area contributed by atoms with Crippen molar-refractivity contribution in [2.75, 3.05) is 5.32 Å². The Balaban J connectivity index is 1.90. The third-order valence-electron chi connectivity index (χ3n) is 3.09. The van der Waals surface area contributed by atoms with Gasteiger partial charge in [0.15, 0.2) is 0 Å². The van der Waals surface area contributed by atoms with E-state index in [1.807, 2.05) is 0 Å². The average molecular weight is 290 g/mol. The highest BCUT2D eigenvalue weighted by atomic mass is 16.2. The van der Waals surface area contributed by atoms with Crippen LogP contribution >= 0.6 is 0 Å². The number of hydrogen-bond donors (Lipinski definition) is 4. The van der Waals surface area contributed by atoms with Crippen molar-refractivity contribution in [3.63, 3.8) is 0 Å². The molecule has 6 N–H and O–H groups in total. The predicted octanol–water partition coefficient (Wildman–Crippen LogP) is -0.280. The van der Waals surface area contributed by atoms with Gasteiger partial charge in [-0.15, -0.1) is 0 Å². The normalized spacial score (nSPS) is 15.1. The molecule has 1 aromatic carbocycles. The number of hydrogen-bond acceptors (Lipinski definition) is 4. The lowest BCUT2D eigenvalue weighted by atomic mass is 10.1. The van der Waals surface area contributed by atoms with Crippen molar-refractivity contribution in [1.82, 2.24) is 5.32 Å². The van der Waals surface area contributed by atoms with Crippen LogP contribution in [-0.4, -0.2) is 29.8 Å². The number of nitrogens with two attached hydrogens (primary N) is 2. The van der Waals surface area contributed by atoms with E-state index in [4.69, 9.17) is 11.5 Å². The lowest BCUT2D eigenvalue weighted by molar-refractivity contribution is -0.123. The van der Waals surface area contributed by atoms with Crippen LogP contribution in [0.2, 0.25) is 0 Å². The summed E-state index contributed by atoms with van der Waals surface area (Å²) in [7, 11) is 0. The molecule has 0 heterocycles. The van der Waals surface area contributed by atoms with Gasteiger partial charge in [-0.2, -0.15) is 0 Å². The molecule has 7 heteroatoms. The maximum absolute atomic E-state index is 11.8. The Morgan fingerprint density at radius 1 is 1.19 bits per heavy atom. The monoisotopic (exact) mass is 290 g/mol. The van der Waals surface area contributed by atoms with Gasteiger partial charge in [0.25, 0.3) is 5.91 Å². The number of amides is 3. The van der Waals surface area contributed by atoms with Gasteiger partial charge in [-0.05, 0) is 37.1 Å². The second-order valence-electron chi connectivity index (χ2n) is 5.09. The summed E-state index contributed by atoms with van der Waals surface area (Å²) in [5.41, 5.74) is 11.5. The Morgan fingerprint density at radius 2 is 1.81 bits per heavy atom. The van der Waals surface area contributed by atoms with Gasteiger partial charge in [-0.1, -0.05) is 0 Å². The molecule has 1 atom stereocenters. The van der Waals surface area contributed by atoms with Crippen molar-refractivity contribution < 1.29 is 14.4 Å². The molecule has 1 aliphatic rings. The SMILES string of the molecule is NC(=O)CC(N)C(=O)Nc1ccc(C(=O)NC2CC2)cc1. The van der Waals surface area contributed by atoms with Crippen LogP contribution in [0, 0.1) is 0 Å².